The van der Waals surface area contributed by atoms with E-state index in [1.165, 1.54) is 36.9 Å². The lowest BCUT2D eigenvalue weighted by atomic mass is 10.0. The molecule has 0 aliphatic heterocycles. The summed E-state index contributed by atoms with van der Waals surface area (Å²) in [6.45, 7) is 3.90. The maximum Gasteiger partial charge on any atom is 0.454 e. The van der Waals surface area contributed by atoms with Crippen LogP contribution in [0, 0.1) is 0 Å². The summed E-state index contributed by atoms with van der Waals surface area (Å²) in [5.41, 5.74) is 0.472. The number of carbonyl (C=O) groups is 3. The Kier molecular flexibility index (Phi) is 6.16. The fraction of sp³-hybridized carbons (Fsp3) is 0.167. The number of Topliss-reactive ketones (excluding diaryl/α,β-unsaturated/α-hetero) is 1. The number of pyridine rings is 1. The summed E-state index contributed by atoms with van der Waals surface area (Å²) in [5.74, 6) is -3.19. The highest BCUT2D eigenvalue weighted by molar-refractivity contribution is 6.16. The first-order valence-electron chi connectivity index (χ1n) is 10.4. The number of hydrogen-bond acceptors (Lipinski definition) is 6. The Bertz CT molecular complexity index is 1460. The van der Waals surface area contributed by atoms with Crippen molar-refractivity contribution < 1.29 is 27.6 Å². The van der Waals surface area contributed by atoms with E-state index in [1.54, 1.807) is 12.4 Å². The molecule has 0 aliphatic carbocycles. The van der Waals surface area contributed by atoms with Crippen molar-refractivity contribution in [1.82, 2.24) is 19.5 Å². The van der Waals surface area contributed by atoms with Crippen LogP contribution in [0.5, 0.6) is 0 Å². The second-order valence-corrected chi connectivity index (χ2v) is 7.96. The number of nitrogens with zero attached hydrogens (tertiary/aromatic N) is 4. The van der Waals surface area contributed by atoms with Gasteiger partial charge in [0.1, 0.15) is 12.0 Å². The molecule has 0 aliphatic rings. The zero-order chi connectivity index (χ0) is 25.3. The summed E-state index contributed by atoms with van der Waals surface area (Å²) < 4.78 is 40.0. The second kappa shape index (κ2) is 9.09. The number of amides is 1. The summed E-state index contributed by atoms with van der Waals surface area (Å²) in [5, 5.41) is 3.06. The van der Waals surface area contributed by atoms with Crippen LogP contribution in [-0.4, -0.2) is 43.2 Å². The summed E-state index contributed by atoms with van der Waals surface area (Å²) in [6, 6.07) is 5.72. The smallest absolute Gasteiger partial charge is 0.329 e. The first kappa shape index (κ1) is 23.7. The molecule has 178 valence electrons. The van der Waals surface area contributed by atoms with E-state index in [2.05, 4.69) is 20.3 Å². The molecular formula is C24H18F3N5O3. The largest absolute Gasteiger partial charge is 0.454 e. The second-order valence-electron chi connectivity index (χ2n) is 7.96. The lowest BCUT2D eigenvalue weighted by Crippen LogP contribution is -2.23. The average Bonchev–Trinajstić information content (AvgIpc) is 3.23. The van der Waals surface area contributed by atoms with Crippen LogP contribution in [0.3, 0.4) is 0 Å². The number of benzene rings is 1. The van der Waals surface area contributed by atoms with Gasteiger partial charge in [-0.25, -0.2) is 9.97 Å². The Hall–Kier alpha value is -4.41. The number of fused-ring (bicyclic) bond motifs is 1. The van der Waals surface area contributed by atoms with E-state index in [0.717, 1.165) is 12.1 Å². The number of aromatic nitrogens is 4. The minimum atomic E-state index is -5.06. The molecule has 1 N–H and O–H groups in total. The molecule has 0 fully saturated rings. The topological polar surface area (TPSA) is 107 Å². The molecule has 4 rings (SSSR count). The van der Waals surface area contributed by atoms with E-state index >= 15 is 0 Å². The predicted octanol–water partition coefficient (Wildman–Crippen LogP) is 4.64. The summed E-state index contributed by atoms with van der Waals surface area (Å²) in [4.78, 5) is 49.6. The molecule has 4 aromatic rings. The number of hydrogen-bond donors (Lipinski definition) is 1. The third-order valence-corrected chi connectivity index (χ3v) is 5.20. The van der Waals surface area contributed by atoms with Crippen LogP contribution in [0.1, 0.15) is 56.5 Å². The van der Waals surface area contributed by atoms with Crippen LogP contribution in [-0.2, 0) is 0 Å². The van der Waals surface area contributed by atoms with E-state index in [-0.39, 0.29) is 28.6 Å². The Morgan fingerprint density at radius 1 is 0.971 bits per heavy atom. The van der Waals surface area contributed by atoms with Crippen LogP contribution in [0.4, 0.5) is 18.9 Å². The van der Waals surface area contributed by atoms with Crippen molar-refractivity contribution in [3.8, 4) is 0 Å². The van der Waals surface area contributed by atoms with Gasteiger partial charge in [-0.2, -0.15) is 13.2 Å². The number of nitrogens with one attached hydrogen (secondary N) is 1. The van der Waals surface area contributed by atoms with Crippen molar-refractivity contribution in [2.24, 2.45) is 0 Å². The Labute approximate surface area is 196 Å². The Morgan fingerprint density at radius 3 is 2.43 bits per heavy atom. The first-order valence-corrected chi connectivity index (χ1v) is 10.4. The SMILES string of the molecule is CC(C)n1cc(C(=O)c2cncc(NC(=O)c3cccc(C(=O)C(F)(F)F)c3)c2)c2cncnc21. The van der Waals surface area contributed by atoms with E-state index < -0.39 is 23.4 Å². The van der Waals surface area contributed by atoms with Crippen LogP contribution < -0.4 is 5.32 Å². The highest BCUT2D eigenvalue weighted by Crippen LogP contribution is 2.26. The molecule has 3 heterocycles. The standard InChI is InChI=1S/C24H18F3N5O3/c1-13(2)32-11-19(18-10-29-12-30-22(18)32)20(33)16-7-17(9-28-8-16)31-23(35)15-5-3-4-14(6-15)21(34)24(25,26)27/h3-13H,1-2H3,(H,31,35). The van der Waals surface area contributed by atoms with Crippen LogP contribution >= 0.6 is 0 Å². The summed E-state index contributed by atoms with van der Waals surface area (Å²) in [7, 11) is 0. The number of ketones is 2. The third-order valence-electron chi connectivity index (χ3n) is 5.20. The van der Waals surface area contributed by atoms with Crippen molar-refractivity contribution in [3.63, 3.8) is 0 Å². The highest BCUT2D eigenvalue weighted by atomic mass is 19.4. The number of anilines is 1. The van der Waals surface area contributed by atoms with Gasteiger partial charge in [0.05, 0.1) is 17.4 Å². The number of alkyl halides is 3. The first-order chi connectivity index (χ1) is 16.6. The molecule has 8 nitrogen and oxygen atoms in total. The van der Waals surface area contributed by atoms with Crippen molar-refractivity contribution in [2.45, 2.75) is 26.1 Å². The molecule has 1 amide bonds. The molecule has 0 unspecified atom stereocenters. The van der Waals surface area contributed by atoms with Crippen LogP contribution in [0.2, 0.25) is 0 Å². The predicted molar refractivity (Wildman–Crippen MR) is 120 cm³/mol. The summed E-state index contributed by atoms with van der Waals surface area (Å²) >= 11 is 0. The van der Waals surface area contributed by atoms with Gasteiger partial charge in [0.25, 0.3) is 11.7 Å². The highest BCUT2D eigenvalue weighted by Gasteiger charge is 2.39. The maximum absolute atomic E-state index is 13.3. The fourth-order valence-corrected chi connectivity index (χ4v) is 3.52. The van der Waals surface area contributed by atoms with E-state index in [0.29, 0.717) is 16.6 Å². The molecule has 0 bridgehead atoms. The van der Waals surface area contributed by atoms with Crippen molar-refractivity contribution in [2.75, 3.05) is 5.32 Å². The van der Waals surface area contributed by atoms with Gasteiger partial charge in [0.2, 0.25) is 0 Å². The van der Waals surface area contributed by atoms with Crippen molar-refractivity contribution >= 4 is 34.2 Å². The minimum Gasteiger partial charge on any atom is -0.329 e. The molecule has 0 saturated carbocycles. The monoisotopic (exact) mass is 481 g/mol. The third kappa shape index (κ3) is 4.79. The lowest BCUT2D eigenvalue weighted by Gasteiger charge is -2.09. The van der Waals surface area contributed by atoms with Crippen LogP contribution in [0.15, 0.2) is 61.4 Å². The summed E-state index contributed by atoms with van der Waals surface area (Å²) in [6.07, 6.45) is 2.19. The van der Waals surface area contributed by atoms with Gasteiger partial charge in [-0.1, -0.05) is 12.1 Å². The van der Waals surface area contributed by atoms with Gasteiger partial charge in [0, 0.05) is 46.7 Å². The zero-order valence-electron chi connectivity index (χ0n) is 18.5. The van der Waals surface area contributed by atoms with Gasteiger partial charge in [0.15, 0.2) is 5.78 Å². The fourth-order valence-electron chi connectivity index (χ4n) is 3.52. The minimum absolute atomic E-state index is 0.0395. The molecule has 35 heavy (non-hydrogen) atoms. The van der Waals surface area contributed by atoms with Gasteiger partial charge >= 0.3 is 6.18 Å². The molecule has 3 aromatic heterocycles. The van der Waals surface area contributed by atoms with Gasteiger partial charge < -0.3 is 9.88 Å². The zero-order valence-corrected chi connectivity index (χ0v) is 18.5. The van der Waals surface area contributed by atoms with E-state index in [4.69, 9.17) is 0 Å². The Balaban J connectivity index is 1.60. The number of carbonyl (C=O) groups excluding carboxylic acids is 3. The van der Waals surface area contributed by atoms with Gasteiger partial charge in [-0.15, -0.1) is 0 Å². The molecule has 1 aromatic carbocycles. The number of halogens is 3. The molecule has 11 heteroatoms. The van der Waals surface area contributed by atoms with Crippen molar-refractivity contribution in [1.29, 1.82) is 0 Å². The van der Waals surface area contributed by atoms with E-state index in [9.17, 15) is 27.6 Å². The Morgan fingerprint density at radius 2 is 1.71 bits per heavy atom. The van der Waals surface area contributed by atoms with E-state index in [1.807, 2.05) is 18.4 Å². The van der Waals surface area contributed by atoms with Crippen molar-refractivity contribution in [3.05, 3.63) is 83.7 Å². The lowest BCUT2D eigenvalue weighted by molar-refractivity contribution is -0.0885. The maximum atomic E-state index is 13.3. The van der Waals surface area contributed by atoms with Gasteiger partial charge in [-0.3, -0.25) is 19.4 Å². The average molecular weight is 481 g/mol. The van der Waals surface area contributed by atoms with Crippen LogP contribution in [0.25, 0.3) is 11.0 Å². The molecular weight excluding hydrogens is 463 g/mol. The van der Waals surface area contributed by atoms with Gasteiger partial charge in [-0.05, 0) is 32.0 Å². The quantitative estimate of drug-likeness (QED) is 0.402. The molecule has 0 radical (unpaired) electrons. The molecule has 0 saturated heterocycles. The normalized spacial score (nSPS) is 11.6. The molecule has 0 spiro atoms. The number of rotatable bonds is 6. The molecule has 0 atom stereocenters.